The second-order valence-corrected chi connectivity index (χ2v) is 5.98. The molecule has 3 aromatic rings. The maximum Gasteiger partial charge on any atom is 0.350 e. The van der Waals surface area contributed by atoms with Gasteiger partial charge in [0.15, 0.2) is 17.2 Å². The van der Waals surface area contributed by atoms with Crippen LogP contribution in [0.5, 0.6) is 5.75 Å². The van der Waals surface area contributed by atoms with Crippen LogP contribution in [0.25, 0.3) is 5.65 Å². The van der Waals surface area contributed by atoms with Crippen LogP contribution >= 0.6 is 0 Å². The predicted molar refractivity (Wildman–Crippen MR) is 97.8 cm³/mol. The molecule has 3 aromatic heterocycles. The maximum atomic E-state index is 12.2. The van der Waals surface area contributed by atoms with E-state index in [9.17, 15) is 9.59 Å². The number of ether oxygens (including phenoxy) is 2. The molecule has 0 aromatic carbocycles. The summed E-state index contributed by atoms with van der Waals surface area (Å²) in [7, 11) is 0. The maximum absolute atomic E-state index is 12.2. The molecule has 140 valence electrons. The molecule has 0 amide bonds. The molecule has 9 heteroatoms. The Labute approximate surface area is 154 Å². The summed E-state index contributed by atoms with van der Waals surface area (Å²) in [6.07, 6.45) is 3.18. The number of esters is 1. The van der Waals surface area contributed by atoms with E-state index in [1.54, 1.807) is 19.2 Å². The third-order valence-electron chi connectivity index (χ3n) is 4.35. The molecule has 0 atom stereocenters. The van der Waals surface area contributed by atoms with Crippen LogP contribution in [0.4, 0.5) is 11.5 Å². The summed E-state index contributed by atoms with van der Waals surface area (Å²) < 4.78 is 13.6. The lowest BCUT2D eigenvalue weighted by molar-refractivity contribution is 0.0525. The first-order valence-corrected chi connectivity index (χ1v) is 8.79. The van der Waals surface area contributed by atoms with Crippen molar-refractivity contribution in [1.29, 1.82) is 0 Å². The second kappa shape index (κ2) is 6.75. The largest absolute Gasteiger partial charge is 0.488 e. The van der Waals surface area contributed by atoms with Gasteiger partial charge in [0.25, 0.3) is 0 Å². The van der Waals surface area contributed by atoms with Crippen LogP contribution in [0.15, 0.2) is 35.4 Å². The van der Waals surface area contributed by atoms with Gasteiger partial charge in [-0.3, -0.25) is 4.40 Å². The van der Waals surface area contributed by atoms with Gasteiger partial charge in [0, 0.05) is 36.8 Å². The van der Waals surface area contributed by atoms with Gasteiger partial charge in [0.2, 0.25) is 0 Å². The van der Waals surface area contributed by atoms with Gasteiger partial charge >= 0.3 is 11.7 Å². The van der Waals surface area contributed by atoms with Crippen LogP contribution in [0, 0.1) is 0 Å². The van der Waals surface area contributed by atoms with Crippen molar-refractivity contribution in [1.82, 2.24) is 19.2 Å². The molecule has 1 aliphatic heterocycles. The highest BCUT2D eigenvalue weighted by Crippen LogP contribution is 2.35. The second-order valence-electron chi connectivity index (χ2n) is 5.98. The summed E-state index contributed by atoms with van der Waals surface area (Å²) in [5.74, 6) is 0.693. The molecule has 0 radical (unpaired) electrons. The van der Waals surface area contributed by atoms with Gasteiger partial charge in [-0.2, -0.15) is 0 Å². The van der Waals surface area contributed by atoms with E-state index >= 15 is 0 Å². The average molecular weight is 369 g/mol. The zero-order valence-electron chi connectivity index (χ0n) is 15.1. The Morgan fingerprint density at radius 2 is 2.19 bits per heavy atom. The molecular formula is C18H19N5O4. The first-order chi connectivity index (χ1) is 13.1. The zero-order valence-corrected chi connectivity index (χ0v) is 15.1. The van der Waals surface area contributed by atoms with Gasteiger partial charge in [-0.1, -0.05) is 0 Å². The minimum absolute atomic E-state index is 0.168. The molecule has 27 heavy (non-hydrogen) atoms. The molecule has 0 N–H and O–H groups in total. The quantitative estimate of drug-likeness (QED) is 0.645. The van der Waals surface area contributed by atoms with Crippen LogP contribution in [-0.2, 0) is 11.3 Å². The molecule has 9 nitrogen and oxygen atoms in total. The summed E-state index contributed by atoms with van der Waals surface area (Å²) in [5, 5.41) is 4.33. The lowest BCUT2D eigenvalue weighted by Gasteiger charge is -2.30. The number of pyridine rings is 2. The topological polar surface area (TPSA) is 91.0 Å². The highest BCUT2D eigenvalue weighted by Gasteiger charge is 2.23. The highest BCUT2D eigenvalue weighted by atomic mass is 16.5. The number of hydrogen-bond acceptors (Lipinski definition) is 7. The van der Waals surface area contributed by atoms with E-state index in [1.807, 2.05) is 24.0 Å². The van der Waals surface area contributed by atoms with E-state index in [4.69, 9.17) is 9.47 Å². The minimum atomic E-state index is -0.431. The van der Waals surface area contributed by atoms with Crippen molar-refractivity contribution in [2.75, 3.05) is 24.7 Å². The molecule has 1 aliphatic rings. The normalized spacial score (nSPS) is 13.3. The van der Waals surface area contributed by atoms with Crippen LogP contribution in [-0.4, -0.2) is 44.9 Å². The molecule has 0 spiro atoms. The van der Waals surface area contributed by atoms with Crippen LogP contribution in [0.3, 0.4) is 0 Å². The zero-order chi connectivity index (χ0) is 19.0. The van der Waals surface area contributed by atoms with Gasteiger partial charge < -0.3 is 14.4 Å². The Balaban J connectivity index is 1.73. The Kier molecular flexibility index (Phi) is 4.27. The minimum Gasteiger partial charge on any atom is -0.488 e. The number of anilines is 2. The predicted octanol–water partition coefficient (Wildman–Crippen LogP) is 1.62. The Hall–Kier alpha value is -3.36. The molecule has 4 rings (SSSR count). The number of carbonyl (C=O) groups excluding carboxylic acids is 1. The molecule has 0 unspecified atom stereocenters. The molecule has 4 heterocycles. The third kappa shape index (κ3) is 2.90. The molecule has 0 aliphatic carbocycles. The lowest BCUT2D eigenvalue weighted by Crippen LogP contribution is -2.30. The lowest BCUT2D eigenvalue weighted by atomic mass is 10.2. The Bertz CT molecular complexity index is 1070. The molecule has 0 saturated carbocycles. The van der Waals surface area contributed by atoms with Crippen molar-refractivity contribution in [3.63, 3.8) is 0 Å². The highest BCUT2D eigenvalue weighted by molar-refractivity contribution is 5.90. The number of hydrogen-bond donors (Lipinski definition) is 0. The summed E-state index contributed by atoms with van der Waals surface area (Å²) in [6, 6.07) is 5.32. The summed E-state index contributed by atoms with van der Waals surface area (Å²) in [6.45, 7) is 5.47. The number of fused-ring (bicyclic) bond motifs is 2. The van der Waals surface area contributed by atoms with Crippen molar-refractivity contribution in [2.45, 2.75) is 20.4 Å². The van der Waals surface area contributed by atoms with Crippen LogP contribution in [0.1, 0.15) is 24.2 Å². The Morgan fingerprint density at radius 3 is 2.96 bits per heavy atom. The van der Waals surface area contributed by atoms with E-state index < -0.39 is 5.97 Å². The number of carbonyl (C=O) groups is 1. The fraction of sp³-hybridized carbons (Fsp3) is 0.333. The summed E-state index contributed by atoms with van der Waals surface area (Å²) in [4.78, 5) is 30.5. The fourth-order valence-electron chi connectivity index (χ4n) is 3.06. The van der Waals surface area contributed by atoms with Crippen LogP contribution in [0.2, 0.25) is 0 Å². The van der Waals surface area contributed by atoms with Gasteiger partial charge in [-0.05, 0) is 19.9 Å². The van der Waals surface area contributed by atoms with Gasteiger partial charge in [0.05, 0.1) is 18.7 Å². The van der Waals surface area contributed by atoms with Crippen molar-refractivity contribution in [3.8, 4) is 5.75 Å². The van der Waals surface area contributed by atoms with Gasteiger partial charge in [-0.15, -0.1) is 5.10 Å². The third-order valence-corrected chi connectivity index (χ3v) is 4.35. The number of aromatic nitrogens is 4. The van der Waals surface area contributed by atoms with Crippen molar-refractivity contribution in [2.24, 2.45) is 0 Å². The molecule has 0 fully saturated rings. The first-order valence-electron chi connectivity index (χ1n) is 8.79. The van der Waals surface area contributed by atoms with E-state index in [0.717, 1.165) is 5.69 Å². The van der Waals surface area contributed by atoms with E-state index in [2.05, 4.69) is 10.1 Å². The fourth-order valence-corrected chi connectivity index (χ4v) is 3.06. The smallest absolute Gasteiger partial charge is 0.350 e. The van der Waals surface area contributed by atoms with Crippen molar-refractivity contribution >= 4 is 23.1 Å². The van der Waals surface area contributed by atoms with E-state index in [-0.39, 0.29) is 5.69 Å². The standard InChI is InChI=1S/C18H19N5O4/c1-3-23-18(25)22-6-5-13(10-15(22)20-23)21-7-8-27-14-9-12(11-19-16(14)21)17(24)26-4-2/h5-6,9-11H,3-4,7-8H2,1-2H3. The van der Waals surface area contributed by atoms with Crippen molar-refractivity contribution < 1.29 is 14.3 Å². The van der Waals surface area contributed by atoms with Crippen molar-refractivity contribution in [3.05, 3.63) is 46.6 Å². The SMILES string of the molecule is CCOC(=O)c1cnc2c(c1)OCCN2c1ccn2c(=O)n(CC)nc2c1. The molecular weight excluding hydrogens is 350 g/mol. The number of aryl methyl sites for hydroxylation is 1. The summed E-state index contributed by atoms with van der Waals surface area (Å²) in [5.41, 5.74) is 1.59. The van der Waals surface area contributed by atoms with E-state index in [0.29, 0.717) is 49.1 Å². The number of nitrogens with zero attached hydrogens (tertiary/aromatic N) is 5. The van der Waals surface area contributed by atoms with E-state index in [1.165, 1.54) is 15.3 Å². The number of rotatable bonds is 4. The van der Waals surface area contributed by atoms with Gasteiger partial charge in [-0.25, -0.2) is 19.3 Å². The monoisotopic (exact) mass is 369 g/mol. The van der Waals surface area contributed by atoms with Crippen LogP contribution < -0.4 is 15.3 Å². The Morgan fingerprint density at radius 1 is 1.33 bits per heavy atom. The summed E-state index contributed by atoms with van der Waals surface area (Å²) >= 11 is 0. The van der Waals surface area contributed by atoms with Gasteiger partial charge in [0.1, 0.15) is 6.61 Å². The first kappa shape index (κ1) is 17.1. The average Bonchev–Trinajstić information content (AvgIpc) is 3.02. The molecule has 0 saturated heterocycles. The molecule has 0 bridgehead atoms.